The van der Waals surface area contributed by atoms with E-state index in [4.69, 9.17) is 10.5 Å². The standard InChI is InChI=1S/C2N2.Cr/c3-1-2-4;. The molecule has 0 aliphatic carbocycles. The molecule has 3 heteroatoms. The molecule has 0 amide bonds. The molecule has 0 N–H and O–H groups in total. The van der Waals surface area contributed by atoms with E-state index < -0.39 is 0 Å². The molecule has 0 saturated carbocycles. The second-order valence-corrected chi connectivity index (χ2v) is 0.224. The van der Waals surface area contributed by atoms with Crippen molar-refractivity contribution in [1.82, 2.24) is 0 Å². The smallest absolute Gasteiger partial charge is 0.181 e. The molecule has 0 unspecified atom stereocenters. The van der Waals surface area contributed by atoms with Crippen molar-refractivity contribution in [2.45, 2.75) is 0 Å². The Kier molecular flexibility index (Phi) is 17.1. The zero-order valence-electron chi connectivity index (χ0n) is 2.30. The maximum absolute atomic E-state index is 7.26. The fraction of sp³-hybridized carbons (Fsp3) is 0. The molecule has 0 aromatic rings. The van der Waals surface area contributed by atoms with Crippen LogP contribution in [0.15, 0.2) is 0 Å². The second-order valence-electron chi connectivity index (χ2n) is 0.224. The first kappa shape index (κ1) is 8.82. The second kappa shape index (κ2) is 9.69. The van der Waals surface area contributed by atoms with Crippen LogP contribution in [0.3, 0.4) is 0 Å². The molecular weight excluding hydrogens is 104 g/mol. The van der Waals surface area contributed by atoms with E-state index in [9.17, 15) is 0 Å². The van der Waals surface area contributed by atoms with E-state index in [2.05, 4.69) is 0 Å². The Morgan fingerprint density at radius 3 is 1.20 bits per heavy atom. The summed E-state index contributed by atoms with van der Waals surface area (Å²) >= 11 is 0. The maximum Gasteiger partial charge on any atom is 0.181 e. The zero-order chi connectivity index (χ0) is 3.41. The third-order valence-electron chi connectivity index (χ3n) is 0.0500. The van der Waals surface area contributed by atoms with Crippen molar-refractivity contribution in [2.75, 3.05) is 0 Å². The summed E-state index contributed by atoms with van der Waals surface area (Å²) < 4.78 is 0. The number of nitrogens with zero attached hydrogens (tertiary/aromatic N) is 2. The van der Waals surface area contributed by atoms with Gasteiger partial charge in [0.25, 0.3) is 0 Å². The SMILES string of the molecule is N#CC#N.[Cr]. The van der Waals surface area contributed by atoms with Gasteiger partial charge in [0.15, 0.2) is 12.1 Å². The van der Waals surface area contributed by atoms with Gasteiger partial charge in [-0.1, -0.05) is 0 Å². The van der Waals surface area contributed by atoms with Crippen molar-refractivity contribution in [3.05, 3.63) is 0 Å². The summed E-state index contributed by atoms with van der Waals surface area (Å²) in [7, 11) is 0. The van der Waals surface area contributed by atoms with Gasteiger partial charge in [-0.3, -0.25) is 0 Å². The van der Waals surface area contributed by atoms with E-state index in [1.54, 1.807) is 0 Å². The van der Waals surface area contributed by atoms with E-state index >= 15 is 0 Å². The van der Waals surface area contributed by atoms with Crippen molar-refractivity contribution < 1.29 is 17.4 Å². The maximum atomic E-state index is 7.26. The summed E-state index contributed by atoms with van der Waals surface area (Å²) in [6, 6.07) is 2.47. The van der Waals surface area contributed by atoms with Crippen LogP contribution in [0.1, 0.15) is 0 Å². The summed E-state index contributed by atoms with van der Waals surface area (Å²) in [5.41, 5.74) is 0. The molecule has 0 aliphatic heterocycles. The molecule has 0 aromatic heterocycles. The molecule has 24 valence electrons. The van der Waals surface area contributed by atoms with E-state index in [1.165, 1.54) is 12.1 Å². The number of nitriles is 2. The molecular formula is C2CrN2. The van der Waals surface area contributed by atoms with Gasteiger partial charge in [0.1, 0.15) is 0 Å². The van der Waals surface area contributed by atoms with E-state index in [0.29, 0.717) is 0 Å². The average Bonchev–Trinajstić information content (AvgIpc) is 1.37. The van der Waals surface area contributed by atoms with Gasteiger partial charge < -0.3 is 0 Å². The normalized spacial score (nSPS) is 2.00. The molecule has 0 saturated heterocycles. The van der Waals surface area contributed by atoms with Crippen LogP contribution in [-0.4, -0.2) is 0 Å². The summed E-state index contributed by atoms with van der Waals surface area (Å²) in [6.45, 7) is 0. The number of hydrogen-bond donors (Lipinski definition) is 0. The fourth-order valence-corrected chi connectivity index (χ4v) is 0. The van der Waals surface area contributed by atoms with Crippen LogP contribution in [0, 0.1) is 22.7 Å². The quantitative estimate of drug-likeness (QED) is 0.435. The summed E-state index contributed by atoms with van der Waals surface area (Å²) in [6.07, 6.45) is 0. The van der Waals surface area contributed by atoms with Crippen molar-refractivity contribution >= 4 is 0 Å². The molecule has 0 radical (unpaired) electrons. The average molecular weight is 104 g/mol. The van der Waals surface area contributed by atoms with Crippen molar-refractivity contribution in [3.63, 3.8) is 0 Å². The van der Waals surface area contributed by atoms with Gasteiger partial charge in [-0.15, -0.1) is 0 Å². The minimum Gasteiger partial charge on any atom is -0.181 e. The first-order valence-electron chi connectivity index (χ1n) is 0.697. The molecule has 0 bridgehead atoms. The molecule has 0 aromatic carbocycles. The van der Waals surface area contributed by atoms with Crippen LogP contribution >= 0.6 is 0 Å². The Hall–Kier alpha value is -0.488. The van der Waals surface area contributed by atoms with Crippen LogP contribution in [0.2, 0.25) is 0 Å². The minimum atomic E-state index is 0. The van der Waals surface area contributed by atoms with Crippen molar-refractivity contribution in [2.24, 2.45) is 0 Å². The summed E-state index contributed by atoms with van der Waals surface area (Å²) in [5.74, 6) is 0. The fourth-order valence-electron chi connectivity index (χ4n) is 0. The predicted octanol–water partition coefficient (Wildman–Crippen LogP) is 0.0311. The van der Waals surface area contributed by atoms with Crippen molar-refractivity contribution in [3.8, 4) is 12.1 Å². The van der Waals surface area contributed by atoms with Crippen LogP contribution in [-0.2, 0) is 17.4 Å². The van der Waals surface area contributed by atoms with Gasteiger partial charge in [-0.25, -0.2) is 0 Å². The van der Waals surface area contributed by atoms with Crippen LogP contribution in [0.5, 0.6) is 0 Å². The Morgan fingerprint density at radius 2 is 1.20 bits per heavy atom. The van der Waals surface area contributed by atoms with E-state index in [0.717, 1.165) is 0 Å². The largest absolute Gasteiger partial charge is 0.181 e. The van der Waals surface area contributed by atoms with Crippen LogP contribution in [0.4, 0.5) is 0 Å². The van der Waals surface area contributed by atoms with Gasteiger partial charge in [0.2, 0.25) is 0 Å². The molecule has 2 nitrogen and oxygen atoms in total. The molecule has 5 heavy (non-hydrogen) atoms. The molecule has 0 heterocycles. The Morgan fingerprint density at radius 1 is 1.00 bits per heavy atom. The number of rotatable bonds is 0. The van der Waals surface area contributed by atoms with Crippen LogP contribution in [0.25, 0.3) is 0 Å². The Balaban J connectivity index is 0. The van der Waals surface area contributed by atoms with Crippen LogP contribution < -0.4 is 0 Å². The molecule has 0 aliphatic rings. The van der Waals surface area contributed by atoms with Gasteiger partial charge >= 0.3 is 0 Å². The molecule has 0 rings (SSSR count). The van der Waals surface area contributed by atoms with E-state index in [1.807, 2.05) is 0 Å². The van der Waals surface area contributed by atoms with Gasteiger partial charge in [-0.2, -0.15) is 10.5 Å². The zero-order valence-corrected chi connectivity index (χ0v) is 3.58. The minimum absolute atomic E-state index is 0. The van der Waals surface area contributed by atoms with Gasteiger partial charge in [0, 0.05) is 17.4 Å². The molecule has 0 fully saturated rings. The number of hydrogen-bond acceptors (Lipinski definition) is 2. The molecule has 0 atom stereocenters. The first-order valence-corrected chi connectivity index (χ1v) is 0.697. The van der Waals surface area contributed by atoms with E-state index in [-0.39, 0.29) is 17.4 Å². The van der Waals surface area contributed by atoms with Gasteiger partial charge in [-0.05, 0) is 0 Å². The Bertz CT molecular complexity index is 62.6. The van der Waals surface area contributed by atoms with Gasteiger partial charge in [0.05, 0.1) is 0 Å². The summed E-state index contributed by atoms with van der Waals surface area (Å²) in [4.78, 5) is 0. The summed E-state index contributed by atoms with van der Waals surface area (Å²) in [5, 5.41) is 14.5. The third-order valence-corrected chi connectivity index (χ3v) is 0.0500. The Labute approximate surface area is 40.8 Å². The third kappa shape index (κ3) is 30.6. The monoisotopic (exact) mass is 104 g/mol. The molecule has 0 spiro atoms. The first-order chi connectivity index (χ1) is 1.91. The van der Waals surface area contributed by atoms with Crippen molar-refractivity contribution in [1.29, 1.82) is 10.5 Å². The topological polar surface area (TPSA) is 47.6 Å². The predicted molar refractivity (Wildman–Crippen MR) is 11.2 cm³/mol.